The monoisotopic (exact) mass is 142 g/mol. The van der Waals surface area contributed by atoms with Crippen molar-refractivity contribution in [1.82, 2.24) is 0 Å². The molecule has 3 heteroatoms. The molecule has 0 aliphatic carbocycles. The fourth-order valence-electron chi connectivity index (χ4n) is 0.393. The van der Waals surface area contributed by atoms with Crippen molar-refractivity contribution in [2.24, 2.45) is 0 Å². The molecule has 0 amide bonds. The molecule has 0 fully saturated rings. The van der Waals surface area contributed by atoms with E-state index < -0.39 is 5.97 Å². The van der Waals surface area contributed by atoms with Gasteiger partial charge in [0.05, 0.1) is 6.61 Å². The minimum Gasteiger partial charge on any atom is -0.477 e. The Morgan fingerprint density at radius 1 is 1.80 bits per heavy atom. The van der Waals surface area contributed by atoms with Crippen LogP contribution in [0.15, 0.2) is 17.9 Å². The van der Waals surface area contributed by atoms with Gasteiger partial charge in [0.1, 0.15) is 5.57 Å². The summed E-state index contributed by atoms with van der Waals surface area (Å²) in [5.74, 6) is -1.02. The van der Waals surface area contributed by atoms with Gasteiger partial charge in [-0.2, -0.15) is 0 Å². The van der Waals surface area contributed by atoms with Gasteiger partial charge in [0, 0.05) is 6.61 Å². The second-order valence-electron chi connectivity index (χ2n) is 1.60. The van der Waals surface area contributed by atoms with Gasteiger partial charge in [-0.1, -0.05) is 6.58 Å². The number of carbonyl (C=O) groups is 1. The maximum Gasteiger partial charge on any atom is 0.341 e. The Morgan fingerprint density at radius 2 is 2.40 bits per heavy atom. The summed E-state index contributed by atoms with van der Waals surface area (Å²) in [6.45, 7) is 5.58. The van der Waals surface area contributed by atoms with Crippen LogP contribution < -0.4 is 0 Å². The summed E-state index contributed by atoms with van der Waals surface area (Å²) in [5, 5.41) is 8.38. The van der Waals surface area contributed by atoms with Crippen molar-refractivity contribution in [3.8, 4) is 0 Å². The topological polar surface area (TPSA) is 46.5 Å². The van der Waals surface area contributed by atoms with E-state index in [-0.39, 0.29) is 12.2 Å². The summed E-state index contributed by atoms with van der Waals surface area (Å²) < 4.78 is 4.83. The molecular formula is C7H10O3. The van der Waals surface area contributed by atoms with Gasteiger partial charge < -0.3 is 9.84 Å². The highest BCUT2D eigenvalue weighted by Gasteiger charge is 2.03. The molecule has 56 valence electrons. The van der Waals surface area contributed by atoms with Crippen molar-refractivity contribution in [1.29, 1.82) is 0 Å². The lowest BCUT2D eigenvalue weighted by Gasteiger charge is -1.97. The van der Waals surface area contributed by atoms with Crippen LogP contribution in [0.5, 0.6) is 0 Å². The quantitative estimate of drug-likeness (QED) is 0.467. The first-order valence-electron chi connectivity index (χ1n) is 2.92. The minimum atomic E-state index is -1.02. The van der Waals surface area contributed by atoms with Crippen molar-refractivity contribution >= 4 is 5.97 Å². The van der Waals surface area contributed by atoms with Gasteiger partial charge in [0.2, 0.25) is 0 Å². The highest BCUT2D eigenvalue weighted by Crippen LogP contribution is 1.91. The van der Waals surface area contributed by atoms with Crippen LogP contribution in [-0.4, -0.2) is 24.3 Å². The number of hydrogen-bond donors (Lipinski definition) is 1. The van der Waals surface area contributed by atoms with Crippen LogP contribution in [0, 0.1) is 0 Å². The Bertz CT molecular complexity index is 166. The fraction of sp³-hybridized carbons (Fsp3) is 0.429. The third-order valence-electron chi connectivity index (χ3n) is 0.922. The molecule has 0 saturated heterocycles. The van der Waals surface area contributed by atoms with E-state index >= 15 is 0 Å². The second kappa shape index (κ2) is 4.79. The van der Waals surface area contributed by atoms with Crippen molar-refractivity contribution in [3.05, 3.63) is 17.9 Å². The lowest BCUT2D eigenvalue weighted by atomic mass is 10.3. The average molecular weight is 142 g/mol. The molecule has 0 rings (SSSR count). The van der Waals surface area contributed by atoms with E-state index in [4.69, 9.17) is 9.84 Å². The third kappa shape index (κ3) is 3.07. The van der Waals surface area contributed by atoms with E-state index in [9.17, 15) is 4.79 Å². The molecule has 0 bridgehead atoms. The molecule has 0 saturated carbocycles. The van der Waals surface area contributed by atoms with Crippen molar-refractivity contribution < 1.29 is 14.6 Å². The molecule has 0 atom stereocenters. The van der Waals surface area contributed by atoms with Gasteiger partial charge >= 0.3 is 5.97 Å². The van der Waals surface area contributed by atoms with E-state index in [1.165, 1.54) is 0 Å². The smallest absolute Gasteiger partial charge is 0.341 e. The molecule has 1 N–H and O–H groups in total. The molecule has 3 nitrogen and oxygen atoms in total. The maximum absolute atomic E-state index is 10.2. The molecule has 0 spiro atoms. The van der Waals surface area contributed by atoms with Crippen LogP contribution >= 0.6 is 0 Å². The first kappa shape index (κ1) is 8.95. The Morgan fingerprint density at radius 3 is 2.70 bits per heavy atom. The summed E-state index contributed by atoms with van der Waals surface area (Å²) in [6, 6.07) is 0. The van der Waals surface area contributed by atoms with E-state index in [2.05, 4.69) is 12.3 Å². The summed E-state index contributed by atoms with van der Waals surface area (Å²) in [4.78, 5) is 10.2. The SMILES string of the molecule is C=C=C(COCC)C(=O)O. The highest BCUT2D eigenvalue weighted by atomic mass is 16.5. The molecule has 0 unspecified atom stereocenters. The Labute approximate surface area is 59.6 Å². The molecule has 0 aliphatic heterocycles. The number of aliphatic carboxylic acids is 1. The predicted octanol–water partition coefficient (Wildman–Crippen LogP) is 0.819. The highest BCUT2D eigenvalue weighted by molar-refractivity contribution is 5.86. The fourth-order valence-corrected chi connectivity index (χ4v) is 0.393. The molecular weight excluding hydrogens is 132 g/mol. The number of rotatable bonds is 4. The van der Waals surface area contributed by atoms with Crippen LogP contribution in [-0.2, 0) is 9.53 Å². The van der Waals surface area contributed by atoms with Crippen LogP contribution in [0.4, 0.5) is 0 Å². The van der Waals surface area contributed by atoms with Gasteiger partial charge in [-0.3, -0.25) is 0 Å². The minimum absolute atomic E-state index is 0.0712. The van der Waals surface area contributed by atoms with Gasteiger partial charge in [-0.05, 0) is 6.92 Å². The van der Waals surface area contributed by atoms with Crippen molar-refractivity contribution in [2.75, 3.05) is 13.2 Å². The Kier molecular flexibility index (Phi) is 4.29. The number of carboxylic acid groups (broad SMARTS) is 1. The number of carboxylic acids is 1. The summed E-state index contributed by atoms with van der Waals surface area (Å²) in [7, 11) is 0. The van der Waals surface area contributed by atoms with E-state index in [0.29, 0.717) is 6.61 Å². The molecule has 0 radical (unpaired) electrons. The summed E-state index contributed by atoms with van der Waals surface area (Å²) in [5.41, 5.74) is 2.35. The number of hydrogen-bond acceptors (Lipinski definition) is 2. The second-order valence-corrected chi connectivity index (χ2v) is 1.60. The van der Waals surface area contributed by atoms with Crippen LogP contribution in [0.1, 0.15) is 6.92 Å². The zero-order valence-corrected chi connectivity index (χ0v) is 5.89. The zero-order valence-electron chi connectivity index (χ0n) is 5.89. The van der Waals surface area contributed by atoms with Gasteiger partial charge in [0.25, 0.3) is 0 Å². The molecule has 0 heterocycles. The lowest BCUT2D eigenvalue weighted by molar-refractivity contribution is -0.133. The van der Waals surface area contributed by atoms with Gasteiger partial charge in [-0.25, -0.2) is 4.79 Å². The van der Waals surface area contributed by atoms with Crippen molar-refractivity contribution in [3.63, 3.8) is 0 Å². The van der Waals surface area contributed by atoms with Gasteiger partial charge in [-0.15, -0.1) is 5.73 Å². The molecule has 0 aliphatic rings. The molecule has 10 heavy (non-hydrogen) atoms. The third-order valence-corrected chi connectivity index (χ3v) is 0.922. The molecule has 0 aromatic rings. The number of ether oxygens (including phenoxy) is 1. The predicted molar refractivity (Wildman–Crippen MR) is 36.8 cm³/mol. The Balaban J connectivity index is 3.87. The lowest BCUT2D eigenvalue weighted by Crippen LogP contribution is -2.06. The average Bonchev–Trinajstić information content (AvgIpc) is 1.89. The van der Waals surface area contributed by atoms with Gasteiger partial charge in [0.15, 0.2) is 0 Å². The van der Waals surface area contributed by atoms with E-state index in [1.54, 1.807) is 6.92 Å². The maximum atomic E-state index is 10.2. The summed E-state index contributed by atoms with van der Waals surface area (Å²) in [6.07, 6.45) is 0. The largest absolute Gasteiger partial charge is 0.477 e. The first-order valence-corrected chi connectivity index (χ1v) is 2.92. The first-order chi connectivity index (χ1) is 4.72. The normalized spacial score (nSPS) is 8.50. The standard InChI is InChI=1S/C7H10O3/c1-3-6(7(8)9)5-10-4-2/h1,4-5H2,2H3,(H,8,9). The van der Waals surface area contributed by atoms with E-state index in [1.807, 2.05) is 0 Å². The van der Waals surface area contributed by atoms with Crippen LogP contribution in [0.3, 0.4) is 0 Å². The summed E-state index contributed by atoms with van der Waals surface area (Å²) >= 11 is 0. The zero-order chi connectivity index (χ0) is 7.98. The van der Waals surface area contributed by atoms with Crippen LogP contribution in [0.25, 0.3) is 0 Å². The molecule has 0 aromatic heterocycles. The Hall–Kier alpha value is -1.05. The van der Waals surface area contributed by atoms with Crippen LogP contribution in [0.2, 0.25) is 0 Å². The van der Waals surface area contributed by atoms with E-state index in [0.717, 1.165) is 0 Å². The van der Waals surface area contributed by atoms with Crippen molar-refractivity contribution in [2.45, 2.75) is 6.92 Å². The molecule has 0 aromatic carbocycles.